The Morgan fingerprint density at radius 3 is 2.26 bits per heavy atom. The Kier molecular flexibility index (Phi) is 6.88. The number of hydrogen-bond donors (Lipinski definition) is 1. The lowest BCUT2D eigenvalue weighted by molar-refractivity contribution is -0.161. The monoisotopic (exact) mass is 404 g/mol. The third-order valence-electron chi connectivity index (χ3n) is 3.92. The molecule has 132 valence electrons. The SMILES string of the molecule is CC(C)(CO)CCCC(C)(C(=O)OC(C)(C)C)c1cc(Br)cs1. The molecule has 0 bridgehead atoms. The molecule has 0 aliphatic rings. The van der Waals surface area contributed by atoms with Crippen LogP contribution in [-0.4, -0.2) is 23.3 Å². The number of esters is 1. The van der Waals surface area contributed by atoms with Crippen LogP contribution in [0.25, 0.3) is 0 Å². The molecule has 0 spiro atoms. The van der Waals surface area contributed by atoms with Gasteiger partial charge in [-0.15, -0.1) is 11.3 Å². The second-order valence-corrected chi connectivity index (χ2v) is 9.97. The average molecular weight is 405 g/mol. The van der Waals surface area contributed by atoms with E-state index in [4.69, 9.17) is 4.74 Å². The third kappa shape index (κ3) is 6.20. The van der Waals surface area contributed by atoms with Gasteiger partial charge in [0.25, 0.3) is 0 Å². The van der Waals surface area contributed by atoms with Crippen LogP contribution >= 0.6 is 27.3 Å². The van der Waals surface area contributed by atoms with Crippen LogP contribution in [0, 0.1) is 5.41 Å². The number of thiophene rings is 1. The van der Waals surface area contributed by atoms with Gasteiger partial charge in [-0.1, -0.05) is 20.3 Å². The molecular weight excluding hydrogens is 376 g/mol. The largest absolute Gasteiger partial charge is 0.459 e. The number of halogens is 1. The van der Waals surface area contributed by atoms with E-state index in [-0.39, 0.29) is 18.0 Å². The Balaban J connectivity index is 2.95. The van der Waals surface area contributed by atoms with Crippen molar-refractivity contribution in [1.82, 2.24) is 0 Å². The topological polar surface area (TPSA) is 46.5 Å². The molecule has 1 rings (SSSR count). The molecule has 0 aliphatic carbocycles. The molecule has 5 heteroatoms. The first-order valence-corrected chi connectivity index (χ1v) is 9.66. The van der Waals surface area contributed by atoms with E-state index in [1.165, 1.54) is 0 Å². The number of carbonyl (C=O) groups excluding carboxylic acids is 1. The van der Waals surface area contributed by atoms with Crippen molar-refractivity contribution in [2.75, 3.05) is 6.61 Å². The van der Waals surface area contributed by atoms with Crippen molar-refractivity contribution in [2.45, 2.75) is 71.8 Å². The smallest absolute Gasteiger partial charge is 0.317 e. The summed E-state index contributed by atoms with van der Waals surface area (Å²) in [5.74, 6) is -0.179. The van der Waals surface area contributed by atoms with Crippen LogP contribution in [0.2, 0.25) is 0 Å². The van der Waals surface area contributed by atoms with E-state index < -0.39 is 11.0 Å². The molecule has 0 radical (unpaired) electrons. The predicted molar refractivity (Wildman–Crippen MR) is 99.9 cm³/mol. The van der Waals surface area contributed by atoms with Crippen molar-refractivity contribution >= 4 is 33.2 Å². The van der Waals surface area contributed by atoms with E-state index in [1.54, 1.807) is 11.3 Å². The van der Waals surface area contributed by atoms with Crippen LogP contribution in [0.4, 0.5) is 0 Å². The van der Waals surface area contributed by atoms with E-state index in [0.29, 0.717) is 6.42 Å². The molecule has 1 atom stereocenters. The minimum absolute atomic E-state index is 0.120. The molecular formula is C18H29BrO3S. The predicted octanol–water partition coefficient (Wildman–Crippen LogP) is 5.30. The summed E-state index contributed by atoms with van der Waals surface area (Å²) in [5, 5.41) is 11.4. The van der Waals surface area contributed by atoms with Crippen LogP contribution in [0.1, 0.15) is 65.7 Å². The minimum atomic E-state index is -0.657. The van der Waals surface area contributed by atoms with Crippen LogP contribution in [-0.2, 0) is 14.9 Å². The molecule has 0 amide bonds. The minimum Gasteiger partial charge on any atom is -0.459 e. The van der Waals surface area contributed by atoms with E-state index in [1.807, 2.05) is 53.0 Å². The van der Waals surface area contributed by atoms with Crippen molar-refractivity contribution in [3.63, 3.8) is 0 Å². The average Bonchev–Trinajstić information content (AvgIpc) is 2.83. The van der Waals surface area contributed by atoms with E-state index in [9.17, 15) is 9.90 Å². The van der Waals surface area contributed by atoms with E-state index >= 15 is 0 Å². The molecule has 1 heterocycles. The van der Waals surface area contributed by atoms with Crippen molar-refractivity contribution in [3.05, 3.63) is 20.8 Å². The third-order valence-corrected chi connectivity index (χ3v) is 5.87. The molecule has 0 fully saturated rings. The van der Waals surface area contributed by atoms with Gasteiger partial charge >= 0.3 is 5.97 Å². The van der Waals surface area contributed by atoms with Crippen LogP contribution in [0.5, 0.6) is 0 Å². The van der Waals surface area contributed by atoms with Gasteiger partial charge in [-0.3, -0.25) is 4.79 Å². The van der Waals surface area contributed by atoms with Crippen molar-refractivity contribution in [3.8, 4) is 0 Å². The Hall–Kier alpha value is -0.390. The molecule has 1 N–H and O–H groups in total. The molecule has 3 nitrogen and oxygen atoms in total. The molecule has 0 saturated heterocycles. The summed E-state index contributed by atoms with van der Waals surface area (Å²) in [6.45, 7) is 11.9. The summed E-state index contributed by atoms with van der Waals surface area (Å²) in [6.07, 6.45) is 2.44. The second-order valence-electron chi connectivity index (χ2n) is 8.14. The molecule has 1 aromatic rings. The molecule has 1 unspecified atom stereocenters. The maximum absolute atomic E-state index is 12.8. The van der Waals surface area contributed by atoms with Gasteiger partial charge in [0.1, 0.15) is 5.60 Å². The number of carbonyl (C=O) groups is 1. The van der Waals surface area contributed by atoms with Gasteiger partial charge in [-0.2, -0.15) is 0 Å². The maximum Gasteiger partial charge on any atom is 0.317 e. The highest BCUT2D eigenvalue weighted by Crippen LogP contribution is 2.39. The molecule has 23 heavy (non-hydrogen) atoms. The lowest BCUT2D eigenvalue weighted by Gasteiger charge is -2.32. The summed E-state index contributed by atoms with van der Waals surface area (Å²) < 4.78 is 6.67. The van der Waals surface area contributed by atoms with Crippen molar-refractivity contribution in [1.29, 1.82) is 0 Å². The number of aliphatic hydroxyl groups excluding tert-OH is 1. The summed E-state index contributed by atoms with van der Waals surface area (Å²) in [5.41, 5.74) is -1.28. The first-order valence-electron chi connectivity index (χ1n) is 7.98. The van der Waals surface area contributed by atoms with Crippen molar-refractivity contribution < 1.29 is 14.6 Å². The molecule has 1 aromatic heterocycles. The van der Waals surface area contributed by atoms with Crippen molar-refractivity contribution in [2.24, 2.45) is 5.41 Å². The fraction of sp³-hybridized carbons (Fsp3) is 0.722. The standard InChI is InChI=1S/C18H29BrO3S/c1-16(2,3)22-15(21)18(6,14-10-13(19)11-23-14)9-7-8-17(4,5)12-20/h10-11,20H,7-9,12H2,1-6H3. The van der Waals surface area contributed by atoms with Gasteiger partial charge in [-0.25, -0.2) is 0 Å². The van der Waals surface area contributed by atoms with Gasteiger partial charge in [0.15, 0.2) is 0 Å². The summed E-state index contributed by atoms with van der Waals surface area (Å²) in [6, 6.07) is 2.01. The quantitative estimate of drug-likeness (QED) is 0.627. The highest BCUT2D eigenvalue weighted by Gasteiger charge is 2.40. The van der Waals surface area contributed by atoms with Gasteiger partial charge in [0.2, 0.25) is 0 Å². The zero-order chi connectivity index (χ0) is 17.9. The highest BCUT2D eigenvalue weighted by molar-refractivity contribution is 9.10. The lowest BCUT2D eigenvalue weighted by atomic mass is 9.79. The van der Waals surface area contributed by atoms with Crippen LogP contribution in [0.3, 0.4) is 0 Å². The Morgan fingerprint density at radius 1 is 1.22 bits per heavy atom. The second kappa shape index (κ2) is 7.66. The summed E-state index contributed by atoms with van der Waals surface area (Å²) in [4.78, 5) is 13.8. The number of ether oxygens (including phenoxy) is 1. The number of hydrogen-bond acceptors (Lipinski definition) is 4. The Bertz CT molecular complexity index is 531. The van der Waals surface area contributed by atoms with Gasteiger partial charge in [-0.05, 0) is 67.9 Å². The normalized spacial score (nSPS) is 15.3. The lowest BCUT2D eigenvalue weighted by Crippen LogP contribution is -2.38. The van der Waals surface area contributed by atoms with E-state index in [2.05, 4.69) is 15.9 Å². The summed E-state index contributed by atoms with van der Waals surface area (Å²) in [7, 11) is 0. The fourth-order valence-corrected chi connectivity index (χ4v) is 3.93. The fourth-order valence-electron chi connectivity index (χ4n) is 2.32. The van der Waals surface area contributed by atoms with Gasteiger partial charge < -0.3 is 9.84 Å². The van der Waals surface area contributed by atoms with Crippen LogP contribution in [0.15, 0.2) is 15.9 Å². The molecule has 0 aromatic carbocycles. The maximum atomic E-state index is 12.8. The van der Waals surface area contributed by atoms with Crippen LogP contribution < -0.4 is 0 Å². The number of rotatable bonds is 7. The Morgan fingerprint density at radius 2 is 1.83 bits per heavy atom. The molecule has 0 saturated carbocycles. The highest BCUT2D eigenvalue weighted by atomic mass is 79.9. The first kappa shape index (κ1) is 20.7. The number of aliphatic hydroxyl groups is 1. The zero-order valence-electron chi connectivity index (χ0n) is 15.0. The summed E-state index contributed by atoms with van der Waals surface area (Å²) >= 11 is 5.05. The zero-order valence-corrected chi connectivity index (χ0v) is 17.4. The Labute approximate surface area is 152 Å². The molecule has 0 aliphatic heterocycles. The van der Waals surface area contributed by atoms with E-state index in [0.717, 1.165) is 22.2 Å². The van der Waals surface area contributed by atoms with Gasteiger partial charge in [0.05, 0.1) is 5.41 Å². The van der Waals surface area contributed by atoms with Gasteiger partial charge in [0, 0.05) is 21.3 Å². The first-order chi connectivity index (χ1) is 10.4.